The summed E-state index contributed by atoms with van der Waals surface area (Å²) < 4.78 is 44.3. The number of rotatable bonds is 7. The van der Waals surface area contributed by atoms with Crippen LogP contribution in [0.5, 0.6) is 17.2 Å². The quantitative estimate of drug-likeness (QED) is 0.516. The number of methoxy groups -OCH3 is 3. The molecule has 0 aromatic heterocycles. The molecule has 3 rings (SSSR count). The van der Waals surface area contributed by atoms with Crippen LogP contribution in [0.2, 0.25) is 0 Å². The first-order valence-corrected chi connectivity index (χ1v) is 9.95. The van der Waals surface area contributed by atoms with E-state index < -0.39 is 11.6 Å². The van der Waals surface area contributed by atoms with E-state index in [1.165, 1.54) is 18.2 Å². The van der Waals surface area contributed by atoms with Crippen LogP contribution < -0.4 is 29.7 Å². The van der Waals surface area contributed by atoms with Crippen molar-refractivity contribution in [3.63, 3.8) is 0 Å². The van der Waals surface area contributed by atoms with E-state index in [1.807, 2.05) is 6.07 Å². The molecule has 0 amide bonds. The molecule has 7 nitrogen and oxygen atoms in total. The van der Waals surface area contributed by atoms with E-state index in [-0.39, 0.29) is 11.7 Å². The Morgan fingerprint density at radius 2 is 1.71 bits per heavy atom. The van der Waals surface area contributed by atoms with Crippen molar-refractivity contribution < 1.29 is 23.0 Å². The molecule has 2 N–H and O–H groups in total. The van der Waals surface area contributed by atoms with Gasteiger partial charge in [-0.15, -0.1) is 0 Å². The highest BCUT2D eigenvalue weighted by molar-refractivity contribution is 5.80. The van der Waals surface area contributed by atoms with Crippen LogP contribution in [0.1, 0.15) is 12.0 Å². The maximum atomic E-state index is 14.1. The molecule has 0 aliphatic carbocycles. The van der Waals surface area contributed by atoms with Gasteiger partial charge in [0.25, 0.3) is 0 Å². The zero-order valence-electron chi connectivity index (χ0n) is 18.2. The van der Waals surface area contributed by atoms with Crippen LogP contribution in [0, 0.1) is 11.6 Å². The summed E-state index contributed by atoms with van der Waals surface area (Å²) >= 11 is 0. The molecule has 1 aliphatic heterocycles. The molecular formula is C22H28F2N4O3. The molecule has 2 aromatic rings. The molecule has 1 unspecified atom stereocenters. The van der Waals surface area contributed by atoms with Gasteiger partial charge in [-0.05, 0) is 24.6 Å². The van der Waals surface area contributed by atoms with Gasteiger partial charge in [-0.2, -0.15) is 0 Å². The van der Waals surface area contributed by atoms with Crippen LogP contribution in [0.3, 0.4) is 0 Å². The Morgan fingerprint density at radius 3 is 2.32 bits per heavy atom. The van der Waals surface area contributed by atoms with Crippen molar-refractivity contribution in [2.45, 2.75) is 19.0 Å². The fraction of sp³-hybridized carbons (Fsp3) is 0.409. The van der Waals surface area contributed by atoms with E-state index in [0.717, 1.165) is 12.0 Å². The van der Waals surface area contributed by atoms with Crippen LogP contribution in [0.25, 0.3) is 0 Å². The lowest BCUT2D eigenvalue weighted by molar-refractivity contribution is 0.347. The van der Waals surface area contributed by atoms with Crippen LogP contribution in [-0.2, 0) is 6.54 Å². The van der Waals surface area contributed by atoms with E-state index in [2.05, 4.69) is 15.6 Å². The molecule has 1 saturated heterocycles. The number of nitrogens with one attached hydrogen (secondary N) is 2. The summed E-state index contributed by atoms with van der Waals surface area (Å²) in [7, 11) is 6.41. The number of ether oxygens (including phenoxy) is 3. The smallest absolute Gasteiger partial charge is 0.191 e. The molecule has 1 atom stereocenters. The molecule has 0 spiro atoms. The minimum Gasteiger partial charge on any atom is -0.496 e. The standard InChI is InChI=1S/C22H28F2N4O3/c1-25-22(26-12-14-10-19(30-3)20(31-4)11-18(14)29-2)27-15-8-9-28(13-15)21-16(23)6-5-7-17(21)24/h5-7,10-11,15H,8-9,12-13H2,1-4H3,(H2,25,26,27). The van der Waals surface area contributed by atoms with E-state index >= 15 is 0 Å². The third kappa shape index (κ3) is 5.10. The fourth-order valence-electron chi connectivity index (χ4n) is 3.67. The van der Waals surface area contributed by atoms with E-state index in [4.69, 9.17) is 14.2 Å². The molecule has 9 heteroatoms. The number of guanidine groups is 1. The lowest BCUT2D eigenvalue weighted by atomic mass is 10.1. The third-order valence-corrected chi connectivity index (χ3v) is 5.24. The second-order valence-corrected chi connectivity index (χ2v) is 7.09. The van der Waals surface area contributed by atoms with E-state index in [1.54, 1.807) is 39.3 Å². The summed E-state index contributed by atoms with van der Waals surface area (Å²) in [6.45, 7) is 1.45. The minimum atomic E-state index is -0.552. The molecule has 1 fully saturated rings. The van der Waals surface area contributed by atoms with Gasteiger partial charge in [-0.25, -0.2) is 8.78 Å². The van der Waals surface area contributed by atoms with Gasteiger partial charge >= 0.3 is 0 Å². The Bertz CT molecular complexity index is 919. The fourth-order valence-corrected chi connectivity index (χ4v) is 3.67. The highest BCUT2D eigenvalue weighted by Gasteiger charge is 2.27. The third-order valence-electron chi connectivity index (χ3n) is 5.24. The SMILES string of the molecule is CN=C(NCc1cc(OC)c(OC)cc1OC)NC1CCN(c2c(F)cccc2F)C1. The van der Waals surface area contributed by atoms with Gasteiger partial charge in [0, 0.05) is 44.4 Å². The predicted molar refractivity (Wildman–Crippen MR) is 116 cm³/mol. The van der Waals surface area contributed by atoms with E-state index in [9.17, 15) is 8.78 Å². The second kappa shape index (κ2) is 10.2. The first-order valence-electron chi connectivity index (χ1n) is 9.95. The highest BCUT2D eigenvalue weighted by Crippen LogP contribution is 2.34. The number of hydrogen-bond acceptors (Lipinski definition) is 5. The Labute approximate surface area is 181 Å². The molecule has 0 bridgehead atoms. The number of para-hydroxylation sites is 1. The molecular weight excluding hydrogens is 406 g/mol. The van der Waals surface area contributed by atoms with Crippen molar-refractivity contribution in [1.29, 1.82) is 0 Å². The van der Waals surface area contributed by atoms with Crippen LogP contribution in [0.4, 0.5) is 14.5 Å². The molecule has 0 saturated carbocycles. The first kappa shape index (κ1) is 22.5. The number of benzene rings is 2. The lowest BCUT2D eigenvalue weighted by Gasteiger charge is -2.21. The van der Waals surface area contributed by atoms with Gasteiger partial charge < -0.3 is 29.7 Å². The topological polar surface area (TPSA) is 67.4 Å². The average Bonchev–Trinajstić information content (AvgIpc) is 3.23. The number of halogens is 2. The zero-order chi connectivity index (χ0) is 22.4. The molecule has 168 valence electrons. The van der Waals surface area contributed by atoms with Crippen molar-refractivity contribution in [2.75, 3.05) is 46.4 Å². The minimum absolute atomic E-state index is 0.00231. The van der Waals surface area contributed by atoms with Crippen molar-refractivity contribution in [2.24, 2.45) is 4.99 Å². The number of hydrogen-bond donors (Lipinski definition) is 2. The number of nitrogens with zero attached hydrogens (tertiary/aromatic N) is 2. The van der Waals surface area contributed by atoms with E-state index in [0.29, 0.717) is 42.8 Å². The number of aliphatic imine (C=N–C) groups is 1. The highest BCUT2D eigenvalue weighted by atomic mass is 19.1. The van der Waals surface area contributed by atoms with Gasteiger partial charge in [0.05, 0.1) is 21.3 Å². The largest absolute Gasteiger partial charge is 0.496 e. The summed E-state index contributed by atoms with van der Waals surface area (Å²) in [5, 5.41) is 6.57. The summed E-state index contributed by atoms with van der Waals surface area (Å²) in [5.74, 6) is 1.31. The molecule has 1 aliphatic rings. The van der Waals surface area contributed by atoms with Gasteiger partial charge in [-0.3, -0.25) is 4.99 Å². The molecule has 1 heterocycles. The maximum absolute atomic E-state index is 14.1. The average molecular weight is 434 g/mol. The molecule has 31 heavy (non-hydrogen) atoms. The first-order chi connectivity index (χ1) is 15.0. The second-order valence-electron chi connectivity index (χ2n) is 7.09. The van der Waals surface area contributed by atoms with Crippen LogP contribution in [0.15, 0.2) is 35.3 Å². The van der Waals surface area contributed by atoms with Crippen molar-refractivity contribution in [1.82, 2.24) is 10.6 Å². The Hall–Kier alpha value is -3.23. The van der Waals surface area contributed by atoms with Gasteiger partial charge in [0.1, 0.15) is 23.1 Å². The van der Waals surface area contributed by atoms with Gasteiger partial charge in [-0.1, -0.05) is 6.07 Å². The number of anilines is 1. The molecule has 0 radical (unpaired) electrons. The lowest BCUT2D eigenvalue weighted by Crippen LogP contribution is -2.44. The Morgan fingerprint density at radius 1 is 1.06 bits per heavy atom. The van der Waals surface area contributed by atoms with Crippen LogP contribution in [-0.4, -0.2) is 53.5 Å². The van der Waals surface area contributed by atoms with Crippen molar-refractivity contribution in [3.05, 3.63) is 47.5 Å². The summed E-state index contributed by atoms with van der Waals surface area (Å²) in [5.41, 5.74) is 0.884. The van der Waals surface area contributed by atoms with Gasteiger partial charge in [0.2, 0.25) is 0 Å². The Balaban J connectivity index is 1.63. The summed E-state index contributed by atoms with van der Waals surface area (Å²) in [4.78, 5) is 5.98. The molecule has 2 aromatic carbocycles. The van der Waals surface area contributed by atoms with Gasteiger partial charge in [0.15, 0.2) is 17.5 Å². The van der Waals surface area contributed by atoms with Crippen LogP contribution >= 0.6 is 0 Å². The zero-order valence-corrected chi connectivity index (χ0v) is 18.2. The van der Waals surface area contributed by atoms with Crippen molar-refractivity contribution >= 4 is 11.6 Å². The summed E-state index contributed by atoms with van der Waals surface area (Å²) in [6.07, 6.45) is 0.730. The predicted octanol–water partition coefficient (Wildman–Crippen LogP) is 2.93. The normalized spacial score (nSPS) is 16.3. The monoisotopic (exact) mass is 434 g/mol. The summed E-state index contributed by atoms with van der Waals surface area (Å²) in [6, 6.07) is 7.53. The Kier molecular flexibility index (Phi) is 7.38. The van der Waals surface area contributed by atoms with Crippen molar-refractivity contribution in [3.8, 4) is 17.2 Å². The maximum Gasteiger partial charge on any atom is 0.191 e.